The normalized spacial score (nSPS) is 12.5. The first-order valence-corrected chi connectivity index (χ1v) is 7.69. The lowest BCUT2D eigenvalue weighted by Gasteiger charge is -2.22. The molecule has 0 amide bonds. The zero-order valence-corrected chi connectivity index (χ0v) is 13.9. The summed E-state index contributed by atoms with van der Waals surface area (Å²) in [5.74, 6) is -1.69. The van der Waals surface area contributed by atoms with E-state index in [-0.39, 0.29) is 10.5 Å². The fourth-order valence-corrected chi connectivity index (χ4v) is 3.06. The van der Waals surface area contributed by atoms with Gasteiger partial charge in [0.15, 0.2) is 11.6 Å². The number of halogens is 3. The van der Waals surface area contributed by atoms with Crippen LogP contribution in [0.15, 0.2) is 34.8 Å². The number of aryl methyl sites for hydroxylation is 2. The van der Waals surface area contributed by atoms with Crippen molar-refractivity contribution in [2.45, 2.75) is 26.8 Å². The topological polar surface area (TPSA) is 12.0 Å². The van der Waals surface area contributed by atoms with Crippen molar-refractivity contribution >= 4 is 15.9 Å². The molecule has 1 unspecified atom stereocenters. The Hall–Kier alpha value is -1.26. The summed E-state index contributed by atoms with van der Waals surface area (Å²) < 4.78 is 27.3. The summed E-state index contributed by atoms with van der Waals surface area (Å²) in [6.07, 6.45) is 0. The first kappa shape index (κ1) is 16.1. The zero-order valence-electron chi connectivity index (χ0n) is 12.3. The van der Waals surface area contributed by atoms with E-state index < -0.39 is 11.6 Å². The van der Waals surface area contributed by atoms with Crippen molar-refractivity contribution < 1.29 is 8.78 Å². The molecule has 0 aliphatic heterocycles. The molecule has 0 saturated carbocycles. The van der Waals surface area contributed by atoms with Gasteiger partial charge in [0.2, 0.25) is 0 Å². The maximum Gasteiger partial charge on any atom is 0.173 e. The second-order valence-electron chi connectivity index (χ2n) is 5.12. The average molecular weight is 354 g/mol. The van der Waals surface area contributed by atoms with Gasteiger partial charge in [0.25, 0.3) is 0 Å². The summed E-state index contributed by atoms with van der Waals surface area (Å²) in [6.45, 7) is 6.78. The maximum absolute atomic E-state index is 13.8. The Morgan fingerprint density at radius 3 is 2.38 bits per heavy atom. The molecule has 0 aliphatic carbocycles. The molecule has 112 valence electrons. The summed E-state index contributed by atoms with van der Waals surface area (Å²) >= 11 is 3.18. The minimum Gasteiger partial charge on any atom is -0.306 e. The van der Waals surface area contributed by atoms with Gasteiger partial charge in [-0.3, -0.25) is 0 Å². The number of hydrogen-bond donors (Lipinski definition) is 1. The second kappa shape index (κ2) is 6.67. The van der Waals surface area contributed by atoms with E-state index in [1.807, 2.05) is 32.9 Å². The third kappa shape index (κ3) is 3.33. The van der Waals surface area contributed by atoms with Gasteiger partial charge in [-0.05, 0) is 59.1 Å². The lowest BCUT2D eigenvalue weighted by molar-refractivity contribution is 0.498. The smallest absolute Gasteiger partial charge is 0.173 e. The van der Waals surface area contributed by atoms with Gasteiger partial charge in [0.1, 0.15) is 0 Å². The lowest BCUT2D eigenvalue weighted by atomic mass is 9.93. The molecule has 0 saturated heterocycles. The van der Waals surface area contributed by atoms with E-state index in [2.05, 4.69) is 27.3 Å². The number of benzene rings is 2. The molecule has 21 heavy (non-hydrogen) atoms. The maximum atomic E-state index is 13.8. The lowest BCUT2D eigenvalue weighted by Crippen LogP contribution is -2.23. The van der Waals surface area contributed by atoms with E-state index in [1.165, 1.54) is 11.6 Å². The molecule has 0 bridgehead atoms. The fraction of sp³-hybridized carbons (Fsp3) is 0.294. The molecule has 2 rings (SSSR count). The highest BCUT2D eigenvalue weighted by Crippen LogP contribution is 2.33. The molecular formula is C17H18BrF2N. The van der Waals surface area contributed by atoms with Crippen LogP contribution < -0.4 is 5.32 Å². The minimum absolute atomic E-state index is 0.174. The summed E-state index contributed by atoms with van der Waals surface area (Å²) in [5.41, 5.74) is 4.06. The van der Waals surface area contributed by atoms with Crippen LogP contribution in [0.2, 0.25) is 0 Å². The predicted octanol–water partition coefficient (Wildman–Crippen LogP) is 5.04. The Morgan fingerprint density at radius 1 is 1.10 bits per heavy atom. The van der Waals surface area contributed by atoms with Gasteiger partial charge in [-0.1, -0.05) is 36.8 Å². The van der Waals surface area contributed by atoms with E-state index in [0.717, 1.165) is 17.7 Å². The molecule has 0 aliphatic rings. The van der Waals surface area contributed by atoms with Gasteiger partial charge in [0, 0.05) is 0 Å². The molecule has 0 fully saturated rings. The van der Waals surface area contributed by atoms with Crippen LogP contribution >= 0.6 is 15.9 Å². The molecule has 4 heteroatoms. The van der Waals surface area contributed by atoms with Crippen molar-refractivity contribution in [1.82, 2.24) is 5.32 Å². The zero-order chi connectivity index (χ0) is 15.6. The predicted molar refractivity (Wildman–Crippen MR) is 85.5 cm³/mol. The van der Waals surface area contributed by atoms with Crippen LogP contribution in [0.3, 0.4) is 0 Å². The molecule has 1 N–H and O–H groups in total. The molecule has 1 nitrogen and oxygen atoms in total. The summed E-state index contributed by atoms with van der Waals surface area (Å²) in [6, 6.07) is 8.76. The number of hydrogen-bond acceptors (Lipinski definition) is 1. The number of nitrogens with one attached hydrogen (secondary N) is 1. The van der Waals surface area contributed by atoms with E-state index in [9.17, 15) is 8.78 Å². The highest BCUT2D eigenvalue weighted by molar-refractivity contribution is 9.10. The van der Waals surface area contributed by atoms with Gasteiger partial charge in [0.05, 0.1) is 10.5 Å². The van der Waals surface area contributed by atoms with Crippen molar-refractivity contribution in [3.63, 3.8) is 0 Å². The van der Waals surface area contributed by atoms with Gasteiger partial charge in [-0.25, -0.2) is 8.78 Å². The summed E-state index contributed by atoms with van der Waals surface area (Å²) in [5, 5.41) is 3.34. The highest BCUT2D eigenvalue weighted by atomic mass is 79.9. The number of rotatable bonds is 4. The standard InChI is InChI=1S/C17H18BrF2N/c1-4-21-17(12-6-5-10(2)9-11(12)3)13-7-8-14(19)16(20)15(13)18/h5-9,17,21H,4H2,1-3H3. The van der Waals surface area contributed by atoms with Crippen LogP contribution in [0.1, 0.15) is 35.2 Å². The van der Waals surface area contributed by atoms with E-state index in [4.69, 9.17) is 0 Å². The monoisotopic (exact) mass is 353 g/mol. The SMILES string of the molecule is CCNC(c1ccc(C)cc1C)c1ccc(F)c(F)c1Br. The van der Waals surface area contributed by atoms with Crippen LogP contribution in [-0.2, 0) is 0 Å². The van der Waals surface area contributed by atoms with Crippen LogP contribution in [0.4, 0.5) is 8.78 Å². The third-order valence-electron chi connectivity index (χ3n) is 3.52. The fourth-order valence-electron chi connectivity index (χ4n) is 2.50. The quantitative estimate of drug-likeness (QED) is 0.759. The molecule has 0 radical (unpaired) electrons. The second-order valence-corrected chi connectivity index (χ2v) is 5.91. The van der Waals surface area contributed by atoms with Crippen molar-refractivity contribution in [1.29, 1.82) is 0 Å². The van der Waals surface area contributed by atoms with Gasteiger partial charge >= 0.3 is 0 Å². The molecule has 1 atom stereocenters. The van der Waals surface area contributed by atoms with Gasteiger partial charge in [-0.15, -0.1) is 0 Å². The van der Waals surface area contributed by atoms with Crippen molar-refractivity contribution in [2.75, 3.05) is 6.54 Å². The van der Waals surface area contributed by atoms with Gasteiger partial charge in [-0.2, -0.15) is 0 Å². The van der Waals surface area contributed by atoms with Crippen molar-refractivity contribution in [3.8, 4) is 0 Å². The Morgan fingerprint density at radius 2 is 1.76 bits per heavy atom. The van der Waals surface area contributed by atoms with Crippen LogP contribution in [0.5, 0.6) is 0 Å². The Balaban J connectivity index is 2.56. The summed E-state index contributed by atoms with van der Waals surface area (Å²) in [7, 11) is 0. The van der Waals surface area contributed by atoms with Crippen molar-refractivity contribution in [2.24, 2.45) is 0 Å². The van der Waals surface area contributed by atoms with E-state index >= 15 is 0 Å². The molecule has 0 heterocycles. The molecule has 2 aromatic rings. The Kier molecular flexibility index (Phi) is 5.12. The highest BCUT2D eigenvalue weighted by Gasteiger charge is 2.21. The molecule has 0 spiro atoms. The molecular weight excluding hydrogens is 336 g/mol. The van der Waals surface area contributed by atoms with Crippen LogP contribution in [0, 0.1) is 25.5 Å². The van der Waals surface area contributed by atoms with E-state index in [1.54, 1.807) is 6.07 Å². The largest absolute Gasteiger partial charge is 0.306 e. The summed E-state index contributed by atoms with van der Waals surface area (Å²) in [4.78, 5) is 0. The molecule has 0 aromatic heterocycles. The van der Waals surface area contributed by atoms with Crippen molar-refractivity contribution in [3.05, 3.63) is 68.7 Å². The average Bonchev–Trinajstić information content (AvgIpc) is 2.44. The van der Waals surface area contributed by atoms with E-state index in [0.29, 0.717) is 5.56 Å². The minimum atomic E-state index is -0.847. The Labute approximate surface area is 132 Å². The first-order valence-electron chi connectivity index (χ1n) is 6.89. The van der Waals surface area contributed by atoms with Gasteiger partial charge < -0.3 is 5.32 Å². The Bertz CT molecular complexity index is 655. The van der Waals surface area contributed by atoms with Crippen LogP contribution in [-0.4, -0.2) is 6.54 Å². The van der Waals surface area contributed by atoms with Crippen LogP contribution in [0.25, 0.3) is 0 Å². The molecule has 2 aromatic carbocycles. The third-order valence-corrected chi connectivity index (χ3v) is 4.33. The first-order chi connectivity index (χ1) is 9.95.